The number of epoxide rings is 2. The summed E-state index contributed by atoms with van der Waals surface area (Å²) in [6.07, 6.45) is -3.41. The second kappa shape index (κ2) is 7.74. The first kappa shape index (κ1) is 26.2. The van der Waals surface area contributed by atoms with E-state index >= 15 is 0 Å². The maximum absolute atomic E-state index is 14.6. The van der Waals surface area contributed by atoms with Crippen molar-refractivity contribution in [3.05, 3.63) is 46.3 Å². The van der Waals surface area contributed by atoms with Gasteiger partial charge in [-0.25, -0.2) is 0 Å². The van der Waals surface area contributed by atoms with Crippen molar-refractivity contribution >= 4 is 23.1 Å². The molecular formula is C30H32O10. The number of aliphatic hydroxyl groups excluding tert-OH is 2. The van der Waals surface area contributed by atoms with Gasteiger partial charge in [-0.15, -0.1) is 0 Å². The summed E-state index contributed by atoms with van der Waals surface area (Å²) in [5.41, 5.74) is -3.57. The maximum Gasteiger partial charge on any atom is 0.201 e. The minimum Gasteiger partial charge on any atom is -0.498 e. The van der Waals surface area contributed by atoms with Crippen molar-refractivity contribution in [2.24, 2.45) is 17.3 Å². The highest BCUT2D eigenvalue weighted by molar-refractivity contribution is 6.26. The van der Waals surface area contributed by atoms with Crippen LogP contribution in [-0.4, -0.2) is 87.3 Å². The van der Waals surface area contributed by atoms with Gasteiger partial charge in [0.25, 0.3) is 0 Å². The molecule has 2 bridgehead atoms. The van der Waals surface area contributed by atoms with E-state index in [-0.39, 0.29) is 16.7 Å². The van der Waals surface area contributed by atoms with E-state index in [0.29, 0.717) is 0 Å². The molecule has 3 saturated heterocycles. The molecule has 1 saturated carbocycles. The Labute approximate surface area is 230 Å². The zero-order chi connectivity index (χ0) is 28.8. The molecule has 1 spiro atoms. The third-order valence-corrected chi connectivity index (χ3v) is 9.92. The molecule has 0 aromatic heterocycles. The summed E-state index contributed by atoms with van der Waals surface area (Å²) in [5.74, 6) is -3.55. The second-order valence-electron chi connectivity index (χ2n) is 12.7. The van der Waals surface area contributed by atoms with Gasteiger partial charge in [-0.1, -0.05) is 23.3 Å². The van der Waals surface area contributed by atoms with E-state index in [1.807, 2.05) is 0 Å². The fraction of sp³-hybridized carbons (Fsp3) is 0.600. The van der Waals surface area contributed by atoms with Crippen LogP contribution in [0.4, 0.5) is 0 Å². The number of Topliss-reactive ketones (excluding diaryl/α,β-unsaturated/α-hetero) is 4. The van der Waals surface area contributed by atoms with Crippen molar-refractivity contribution in [3.63, 3.8) is 0 Å². The van der Waals surface area contributed by atoms with Crippen LogP contribution in [0.15, 0.2) is 46.3 Å². The van der Waals surface area contributed by atoms with Crippen LogP contribution in [0.1, 0.15) is 41.5 Å². The fourth-order valence-corrected chi connectivity index (χ4v) is 8.27. The van der Waals surface area contributed by atoms with Gasteiger partial charge in [0.2, 0.25) is 5.78 Å². The number of rotatable bonds is 4. The molecule has 40 heavy (non-hydrogen) atoms. The van der Waals surface area contributed by atoms with E-state index in [1.165, 1.54) is 18.4 Å². The van der Waals surface area contributed by atoms with Crippen LogP contribution < -0.4 is 0 Å². The summed E-state index contributed by atoms with van der Waals surface area (Å²) in [5, 5.41) is 22.0. The number of carbonyl (C=O) groups excluding carboxylic acids is 4. The molecular weight excluding hydrogens is 520 g/mol. The van der Waals surface area contributed by atoms with Crippen LogP contribution in [0.25, 0.3) is 0 Å². The van der Waals surface area contributed by atoms with Crippen LogP contribution in [0.2, 0.25) is 0 Å². The van der Waals surface area contributed by atoms with E-state index in [9.17, 15) is 29.4 Å². The van der Waals surface area contributed by atoms with Crippen molar-refractivity contribution in [3.8, 4) is 0 Å². The molecule has 8 aliphatic rings. The summed E-state index contributed by atoms with van der Waals surface area (Å²) < 4.78 is 23.8. The lowest BCUT2D eigenvalue weighted by molar-refractivity contribution is -0.205. The molecule has 3 aliphatic carbocycles. The van der Waals surface area contributed by atoms with Gasteiger partial charge in [0.1, 0.15) is 23.7 Å². The Bertz CT molecular complexity index is 1440. The Morgan fingerprint density at radius 2 is 1.40 bits per heavy atom. The third kappa shape index (κ3) is 2.68. The quantitative estimate of drug-likeness (QED) is 0.379. The smallest absolute Gasteiger partial charge is 0.201 e. The zero-order valence-corrected chi connectivity index (χ0v) is 23.1. The number of carbonyl (C=O) groups is 4. The molecule has 0 aromatic carbocycles. The van der Waals surface area contributed by atoms with Crippen LogP contribution in [0.3, 0.4) is 0 Å². The Kier molecular flexibility index (Phi) is 5.06. The highest BCUT2D eigenvalue weighted by Gasteiger charge is 2.86. The van der Waals surface area contributed by atoms with Gasteiger partial charge in [-0.05, 0) is 41.5 Å². The molecule has 0 radical (unpaired) electrons. The molecule has 0 unspecified atom stereocenters. The Hall–Kier alpha value is -2.76. The van der Waals surface area contributed by atoms with Crippen LogP contribution in [0, 0.1) is 17.3 Å². The number of ketones is 4. The molecule has 10 heteroatoms. The molecule has 5 aliphatic heterocycles. The van der Waals surface area contributed by atoms with Crippen LogP contribution in [0.5, 0.6) is 0 Å². The molecule has 12 atom stereocenters. The zero-order valence-electron chi connectivity index (χ0n) is 23.1. The van der Waals surface area contributed by atoms with Gasteiger partial charge in [0.15, 0.2) is 40.8 Å². The highest BCUT2D eigenvalue weighted by Crippen LogP contribution is 2.69. The SMILES string of the molecule is CC(C)=C[C@@H](O)[C@]12O[C@@H]1C(=O)C1=C(C2=O)[C@H]2O[C@@H](C)[C@@H]1[C@@H]1[C@H](C)OC=C3C(=O)[C@@]4([C@H](O)C=C(C)C)O[C@@H]4C(=O)[C@@]312. The number of hydrogen-bond acceptors (Lipinski definition) is 10. The summed E-state index contributed by atoms with van der Waals surface area (Å²) >= 11 is 0. The lowest BCUT2D eigenvalue weighted by atomic mass is 9.44. The summed E-state index contributed by atoms with van der Waals surface area (Å²) in [6, 6.07) is 0. The topological polar surface area (TPSA) is 152 Å². The number of fused-ring (bicyclic) bond motifs is 3. The maximum atomic E-state index is 14.6. The van der Waals surface area contributed by atoms with Crippen LogP contribution in [-0.2, 0) is 38.1 Å². The minimum absolute atomic E-state index is 0.0153. The monoisotopic (exact) mass is 552 g/mol. The number of aliphatic hydroxyl groups is 2. The van der Waals surface area contributed by atoms with Crippen molar-refractivity contribution in [2.75, 3.05) is 0 Å². The molecule has 212 valence electrons. The first-order valence-corrected chi connectivity index (χ1v) is 13.7. The van der Waals surface area contributed by atoms with Gasteiger partial charge in [-0.3, -0.25) is 19.2 Å². The van der Waals surface area contributed by atoms with E-state index < -0.39 is 94.3 Å². The van der Waals surface area contributed by atoms with Gasteiger partial charge < -0.3 is 29.2 Å². The van der Waals surface area contributed by atoms with E-state index in [2.05, 4.69) is 0 Å². The van der Waals surface area contributed by atoms with Gasteiger partial charge in [0.05, 0.1) is 24.0 Å². The average molecular weight is 553 g/mol. The number of allylic oxidation sites excluding steroid dienone is 2. The Balaban J connectivity index is 1.42. The lowest BCUT2D eigenvalue weighted by Gasteiger charge is -2.62. The third-order valence-electron chi connectivity index (χ3n) is 9.92. The molecule has 0 aromatic rings. The Morgan fingerprint density at radius 1 is 0.825 bits per heavy atom. The average Bonchev–Trinajstić information content (AvgIpc) is 3.78. The summed E-state index contributed by atoms with van der Waals surface area (Å²) in [4.78, 5) is 56.9. The second-order valence-corrected chi connectivity index (χ2v) is 12.7. The van der Waals surface area contributed by atoms with Gasteiger partial charge in [0, 0.05) is 23.0 Å². The van der Waals surface area contributed by atoms with E-state index in [0.717, 1.165) is 11.1 Å². The lowest BCUT2D eigenvalue weighted by Crippen LogP contribution is -2.73. The summed E-state index contributed by atoms with van der Waals surface area (Å²) in [6.45, 7) is 10.6. The molecule has 2 N–H and O–H groups in total. The van der Waals surface area contributed by atoms with Crippen molar-refractivity contribution in [1.29, 1.82) is 0 Å². The molecule has 0 amide bonds. The van der Waals surface area contributed by atoms with Gasteiger partial charge >= 0.3 is 0 Å². The molecule has 10 nitrogen and oxygen atoms in total. The number of ether oxygens (including phenoxy) is 4. The standard InChI is InChI=1S/C30H32O10/c1-10(2)7-15(31)29-22(34)14-9-37-13(6)20-17-12(5)38-25(28(14,20)24(36)27(29)40-29)19-18(17)21(33)26-30(39-26,23(19)35)16(32)8-11(3)4/h7-9,12-13,15-17,20,25-27,31-32H,1-6H3/t12-,13-,15+,16+,17-,20-,25+,26+,27+,28+,29+,30+/m0/s1. The molecule has 8 rings (SSSR count). The van der Waals surface area contributed by atoms with Crippen LogP contribution >= 0.6 is 0 Å². The van der Waals surface area contributed by atoms with Gasteiger partial charge in [-0.2, -0.15) is 0 Å². The van der Waals surface area contributed by atoms with E-state index in [4.69, 9.17) is 18.9 Å². The van der Waals surface area contributed by atoms with Crippen molar-refractivity contribution in [2.45, 2.75) is 95.5 Å². The number of hydrogen-bond donors (Lipinski definition) is 2. The minimum atomic E-state index is -1.80. The van der Waals surface area contributed by atoms with Crippen molar-refractivity contribution in [1.82, 2.24) is 0 Å². The highest BCUT2D eigenvalue weighted by atomic mass is 16.6. The molecule has 4 fully saturated rings. The molecule has 5 heterocycles. The largest absolute Gasteiger partial charge is 0.498 e. The first-order valence-electron chi connectivity index (χ1n) is 13.7. The predicted octanol–water partition coefficient (Wildman–Crippen LogP) is 0.838. The Morgan fingerprint density at radius 3 is 2.00 bits per heavy atom. The van der Waals surface area contributed by atoms with E-state index in [1.54, 1.807) is 41.5 Å². The van der Waals surface area contributed by atoms with Crippen molar-refractivity contribution < 1.29 is 48.3 Å². The normalized spacial score (nSPS) is 47.0. The summed E-state index contributed by atoms with van der Waals surface area (Å²) in [7, 11) is 0. The first-order chi connectivity index (χ1) is 18.8. The predicted molar refractivity (Wildman–Crippen MR) is 136 cm³/mol. The fourth-order valence-electron chi connectivity index (χ4n) is 8.27.